The van der Waals surface area contributed by atoms with Crippen molar-refractivity contribution in [1.82, 2.24) is 3.94 Å². The summed E-state index contributed by atoms with van der Waals surface area (Å²) in [5.74, 6) is -0.0132. The molecule has 0 atom stereocenters. The Morgan fingerprint density at radius 3 is 1.83 bits per heavy atom. The molecule has 0 saturated heterocycles. The smallest absolute Gasteiger partial charge is 0.152 e. The highest BCUT2D eigenvalue weighted by atomic mass is 35.5. The van der Waals surface area contributed by atoms with Gasteiger partial charge in [-0.2, -0.15) is 0 Å². The van der Waals surface area contributed by atoms with Crippen LogP contribution in [-0.2, 0) is 24.0 Å². The summed E-state index contributed by atoms with van der Waals surface area (Å²) in [5.41, 5.74) is -0.771. The molecule has 146 valence electrons. The molecule has 0 unspecified atom stereocenters. The number of nitrogens with zero attached hydrogens (tertiary/aromatic N) is 1. The second-order valence-corrected chi connectivity index (χ2v) is 10.3. The van der Waals surface area contributed by atoms with Crippen LogP contribution in [0.4, 0.5) is 0 Å². The molecule has 0 fully saturated rings. The second kappa shape index (κ2) is 11.2. The molecule has 6 nitrogen and oxygen atoms in total. The summed E-state index contributed by atoms with van der Waals surface area (Å²) in [6.07, 6.45) is 0.346. The molecule has 0 aromatic carbocycles. The van der Waals surface area contributed by atoms with Crippen molar-refractivity contribution in [2.45, 2.75) is 52.2 Å². The third kappa shape index (κ3) is 13.6. The molecule has 0 amide bonds. The van der Waals surface area contributed by atoms with E-state index in [1.54, 1.807) is 13.8 Å². The van der Waals surface area contributed by atoms with Crippen LogP contribution in [0.5, 0.6) is 0 Å². The molecular formula is C15H31Cl2NO5S. The minimum atomic E-state index is -3.20. The van der Waals surface area contributed by atoms with Gasteiger partial charge in [0, 0.05) is 5.54 Å². The van der Waals surface area contributed by atoms with Crippen molar-refractivity contribution < 1.29 is 22.6 Å². The lowest BCUT2D eigenvalue weighted by Gasteiger charge is -2.27. The van der Waals surface area contributed by atoms with Gasteiger partial charge in [0.1, 0.15) is 0 Å². The Morgan fingerprint density at radius 2 is 1.33 bits per heavy atom. The van der Waals surface area contributed by atoms with Crippen molar-refractivity contribution in [2.75, 3.05) is 44.5 Å². The van der Waals surface area contributed by atoms with E-state index in [4.69, 9.17) is 37.8 Å². The highest BCUT2D eigenvalue weighted by molar-refractivity contribution is 7.91. The zero-order chi connectivity index (χ0) is 18.9. The first-order valence-corrected chi connectivity index (χ1v) is 10.5. The van der Waals surface area contributed by atoms with Gasteiger partial charge in [0.15, 0.2) is 9.84 Å². The van der Waals surface area contributed by atoms with Gasteiger partial charge in [-0.15, -0.1) is 3.94 Å². The Balaban J connectivity index is 3.69. The maximum Gasteiger partial charge on any atom is 0.152 e. The predicted molar refractivity (Wildman–Crippen MR) is 98.2 cm³/mol. The van der Waals surface area contributed by atoms with E-state index in [0.29, 0.717) is 32.8 Å². The molecular weight excluding hydrogens is 377 g/mol. The van der Waals surface area contributed by atoms with E-state index < -0.39 is 15.4 Å². The first-order valence-electron chi connectivity index (χ1n) is 7.97. The summed E-state index contributed by atoms with van der Waals surface area (Å²) in [7, 11) is -3.20. The summed E-state index contributed by atoms with van der Waals surface area (Å²) < 4.78 is 41.0. The number of hydrogen-bond donors (Lipinski definition) is 0. The molecule has 0 bridgehead atoms. The third-order valence-corrected chi connectivity index (χ3v) is 5.69. The summed E-state index contributed by atoms with van der Waals surface area (Å²) in [4.78, 5) is 0. The topological polar surface area (TPSA) is 65.1 Å². The lowest BCUT2D eigenvalue weighted by Crippen LogP contribution is -2.34. The first-order chi connectivity index (χ1) is 10.9. The molecule has 0 N–H and O–H groups in total. The summed E-state index contributed by atoms with van der Waals surface area (Å²) in [5, 5.41) is 0. The summed E-state index contributed by atoms with van der Waals surface area (Å²) >= 11 is 11.4. The molecule has 0 aromatic rings. The summed E-state index contributed by atoms with van der Waals surface area (Å²) in [6, 6.07) is 0. The van der Waals surface area contributed by atoms with Gasteiger partial charge < -0.3 is 14.2 Å². The Bertz CT molecular complexity index is 436. The summed E-state index contributed by atoms with van der Waals surface area (Å²) in [6.45, 7) is 11.4. The van der Waals surface area contributed by atoms with Crippen LogP contribution in [0.3, 0.4) is 0 Å². The van der Waals surface area contributed by atoms with Crippen molar-refractivity contribution in [1.29, 1.82) is 0 Å². The van der Waals surface area contributed by atoms with Crippen molar-refractivity contribution >= 4 is 33.4 Å². The van der Waals surface area contributed by atoms with Gasteiger partial charge >= 0.3 is 0 Å². The van der Waals surface area contributed by atoms with Gasteiger partial charge in [0.2, 0.25) is 0 Å². The fourth-order valence-electron chi connectivity index (χ4n) is 1.51. The molecule has 9 heteroatoms. The van der Waals surface area contributed by atoms with Crippen molar-refractivity contribution in [3.05, 3.63) is 0 Å². The number of sulfone groups is 1. The number of hydrogen-bond acceptors (Lipinski definition) is 6. The fraction of sp³-hybridized carbons (Fsp3) is 1.00. The van der Waals surface area contributed by atoms with Crippen LogP contribution < -0.4 is 0 Å². The average molecular weight is 408 g/mol. The average Bonchev–Trinajstić information content (AvgIpc) is 2.42. The van der Waals surface area contributed by atoms with Crippen LogP contribution in [0.2, 0.25) is 0 Å². The molecule has 24 heavy (non-hydrogen) atoms. The quantitative estimate of drug-likeness (QED) is 0.345. The Labute approximate surface area is 156 Å². The molecule has 0 spiro atoms. The highest BCUT2D eigenvalue weighted by Crippen LogP contribution is 2.24. The van der Waals surface area contributed by atoms with Crippen molar-refractivity contribution in [3.63, 3.8) is 0 Å². The SMILES string of the molecule is CC(C)(C)OCCOCCOCCS(=O)(=O)CCC(C)(C)N(Cl)Cl. The van der Waals surface area contributed by atoms with Crippen LogP contribution in [0.1, 0.15) is 41.0 Å². The molecule has 0 aromatic heterocycles. The Kier molecular flexibility index (Phi) is 11.3. The largest absolute Gasteiger partial charge is 0.378 e. The number of ether oxygens (including phenoxy) is 3. The van der Waals surface area contributed by atoms with E-state index in [0.717, 1.165) is 3.94 Å². The third-order valence-electron chi connectivity index (χ3n) is 3.16. The zero-order valence-corrected chi connectivity index (χ0v) is 17.6. The fourth-order valence-corrected chi connectivity index (χ4v) is 3.06. The lowest BCUT2D eigenvalue weighted by molar-refractivity contribution is -0.0418. The molecule has 0 rings (SSSR count). The van der Waals surface area contributed by atoms with E-state index >= 15 is 0 Å². The lowest BCUT2D eigenvalue weighted by atomic mass is 10.0. The van der Waals surface area contributed by atoms with Gasteiger partial charge in [-0.3, -0.25) is 0 Å². The molecule has 0 aliphatic carbocycles. The Hall–Kier alpha value is 0.370. The van der Waals surface area contributed by atoms with Crippen molar-refractivity contribution in [3.8, 4) is 0 Å². The van der Waals surface area contributed by atoms with Crippen LogP contribution in [-0.4, -0.2) is 68.0 Å². The monoisotopic (exact) mass is 407 g/mol. The zero-order valence-electron chi connectivity index (χ0n) is 15.3. The van der Waals surface area contributed by atoms with E-state index in [9.17, 15) is 8.42 Å². The first kappa shape index (κ1) is 24.4. The van der Waals surface area contributed by atoms with Crippen LogP contribution in [0.15, 0.2) is 0 Å². The van der Waals surface area contributed by atoms with E-state index in [2.05, 4.69) is 0 Å². The van der Waals surface area contributed by atoms with Crippen LogP contribution >= 0.6 is 23.6 Å². The molecule has 0 aliphatic heterocycles. The minimum Gasteiger partial charge on any atom is -0.378 e. The van der Waals surface area contributed by atoms with Gasteiger partial charge in [-0.05, 0) is 64.6 Å². The van der Waals surface area contributed by atoms with Gasteiger partial charge in [0.05, 0.1) is 50.1 Å². The normalized spacial score (nSPS) is 13.7. The van der Waals surface area contributed by atoms with Gasteiger partial charge in [0.25, 0.3) is 0 Å². The predicted octanol–water partition coefficient (Wildman–Crippen LogP) is 3.03. The van der Waals surface area contributed by atoms with Crippen LogP contribution in [0, 0.1) is 0 Å². The second-order valence-electron chi connectivity index (χ2n) is 7.13. The molecule has 0 aliphatic rings. The minimum absolute atomic E-state index is 0.0138. The maximum atomic E-state index is 11.9. The van der Waals surface area contributed by atoms with E-state index in [1.807, 2.05) is 20.8 Å². The van der Waals surface area contributed by atoms with Crippen LogP contribution in [0.25, 0.3) is 0 Å². The highest BCUT2D eigenvalue weighted by Gasteiger charge is 2.26. The standard InChI is InChI=1S/C15H31Cl2NO5S/c1-14(2,3)23-10-9-21-7-8-22-11-13-24(19,20)12-6-15(4,5)18(16)17/h6-13H2,1-5H3. The van der Waals surface area contributed by atoms with Gasteiger partial charge in [-0.1, -0.05) is 0 Å². The number of halogens is 2. The number of rotatable bonds is 13. The molecule has 0 heterocycles. The Morgan fingerprint density at radius 1 is 0.833 bits per heavy atom. The van der Waals surface area contributed by atoms with Gasteiger partial charge in [-0.25, -0.2) is 8.42 Å². The molecule has 0 saturated carbocycles. The van der Waals surface area contributed by atoms with E-state index in [1.165, 1.54) is 0 Å². The maximum absolute atomic E-state index is 11.9. The van der Waals surface area contributed by atoms with E-state index in [-0.39, 0.29) is 23.7 Å². The van der Waals surface area contributed by atoms with Crippen molar-refractivity contribution in [2.24, 2.45) is 0 Å². The molecule has 0 radical (unpaired) electrons.